The number of nitrogens with one attached hydrogen (secondary N) is 2. The van der Waals surface area contributed by atoms with Gasteiger partial charge in [0.2, 0.25) is 0 Å². The standard InChI is InChI=1S/C11H11BrN2O.C2HF3O2/c12-7-1-2-8-9(3-7)11(4-13-5-11)6-14-10(8)15;3-2(4,5)1(6)7/h1-3,13H,4-6H2,(H,14,15);(H,6,7). The fourth-order valence-corrected chi connectivity index (χ4v) is 2.70. The molecule has 0 aromatic heterocycles. The number of amides is 1. The minimum Gasteiger partial charge on any atom is -0.475 e. The van der Waals surface area contributed by atoms with Crippen LogP contribution in [0.1, 0.15) is 15.9 Å². The molecule has 1 fully saturated rings. The highest BCUT2D eigenvalue weighted by molar-refractivity contribution is 9.10. The molecule has 3 N–H and O–H groups in total. The van der Waals surface area contributed by atoms with E-state index >= 15 is 0 Å². The molecule has 1 saturated heterocycles. The third-order valence-corrected chi connectivity index (χ3v) is 4.05. The first-order valence-electron chi connectivity index (χ1n) is 6.25. The summed E-state index contributed by atoms with van der Waals surface area (Å²) in [5, 5.41) is 13.4. The van der Waals surface area contributed by atoms with Gasteiger partial charge in [0.15, 0.2) is 0 Å². The van der Waals surface area contributed by atoms with Gasteiger partial charge in [-0.15, -0.1) is 0 Å². The van der Waals surface area contributed by atoms with E-state index in [0.717, 1.165) is 29.7 Å². The third kappa shape index (κ3) is 3.25. The zero-order valence-electron chi connectivity index (χ0n) is 11.1. The maximum absolute atomic E-state index is 11.7. The normalized spacial score (nSPS) is 18.5. The summed E-state index contributed by atoms with van der Waals surface area (Å²) >= 11 is 3.46. The number of benzene rings is 1. The minimum absolute atomic E-state index is 0.0509. The summed E-state index contributed by atoms with van der Waals surface area (Å²) in [5.74, 6) is -2.71. The lowest BCUT2D eigenvalue weighted by atomic mass is 9.71. The van der Waals surface area contributed by atoms with E-state index in [2.05, 4.69) is 32.6 Å². The van der Waals surface area contributed by atoms with E-state index < -0.39 is 12.1 Å². The van der Waals surface area contributed by atoms with Crippen LogP contribution in [0.15, 0.2) is 22.7 Å². The number of carbonyl (C=O) groups is 2. The van der Waals surface area contributed by atoms with Crippen LogP contribution in [0.3, 0.4) is 0 Å². The summed E-state index contributed by atoms with van der Waals surface area (Å²) in [6.07, 6.45) is -5.08. The predicted molar refractivity (Wildman–Crippen MR) is 74.7 cm³/mol. The van der Waals surface area contributed by atoms with Crippen LogP contribution in [0.4, 0.5) is 13.2 Å². The molecule has 0 radical (unpaired) electrons. The highest BCUT2D eigenvalue weighted by Crippen LogP contribution is 2.35. The molecule has 22 heavy (non-hydrogen) atoms. The van der Waals surface area contributed by atoms with Crippen LogP contribution in [0.25, 0.3) is 0 Å². The number of halogens is 4. The van der Waals surface area contributed by atoms with Crippen LogP contribution in [-0.4, -0.2) is 42.8 Å². The van der Waals surface area contributed by atoms with Crippen molar-refractivity contribution in [1.29, 1.82) is 0 Å². The Morgan fingerprint density at radius 1 is 1.27 bits per heavy atom. The number of carboxylic acids is 1. The van der Waals surface area contributed by atoms with Crippen LogP contribution in [0.2, 0.25) is 0 Å². The Labute approximate surface area is 132 Å². The molecule has 0 unspecified atom stereocenters. The van der Waals surface area contributed by atoms with Crippen LogP contribution < -0.4 is 10.6 Å². The molecule has 1 aromatic rings. The Bertz CT molecular complexity index is 615. The lowest BCUT2D eigenvalue weighted by Crippen LogP contribution is -2.64. The zero-order chi connectivity index (χ0) is 16.5. The van der Waals surface area contributed by atoms with Gasteiger partial charge in [0.05, 0.1) is 0 Å². The Balaban J connectivity index is 0.000000217. The van der Waals surface area contributed by atoms with Crippen LogP contribution >= 0.6 is 15.9 Å². The predicted octanol–water partition coefficient (Wildman–Crippen LogP) is 1.67. The minimum atomic E-state index is -5.08. The van der Waals surface area contributed by atoms with Crippen molar-refractivity contribution in [2.75, 3.05) is 19.6 Å². The number of aliphatic carboxylic acids is 1. The Morgan fingerprint density at radius 3 is 2.32 bits per heavy atom. The lowest BCUT2D eigenvalue weighted by Gasteiger charge is -2.46. The van der Waals surface area contributed by atoms with Gasteiger partial charge < -0.3 is 15.7 Å². The van der Waals surface area contributed by atoms with E-state index in [9.17, 15) is 18.0 Å². The molecular formula is C13H12BrF3N2O3. The van der Waals surface area contributed by atoms with Gasteiger partial charge in [-0.1, -0.05) is 15.9 Å². The Kier molecular flexibility index (Phi) is 4.48. The molecule has 1 aromatic carbocycles. The molecule has 1 amide bonds. The summed E-state index contributed by atoms with van der Waals surface area (Å²) in [7, 11) is 0. The van der Waals surface area contributed by atoms with E-state index in [1.54, 1.807) is 0 Å². The molecule has 0 aliphatic carbocycles. The number of rotatable bonds is 0. The molecule has 120 valence electrons. The van der Waals surface area contributed by atoms with Crippen molar-refractivity contribution in [1.82, 2.24) is 10.6 Å². The van der Waals surface area contributed by atoms with Gasteiger partial charge >= 0.3 is 12.1 Å². The van der Waals surface area contributed by atoms with Gasteiger partial charge in [-0.25, -0.2) is 4.79 Å². The number of fused-ring (bicyclic) bond motifs is 2. The molecule has 0 bridgehead atoms. The van der Waals surface area contributed by atoms with E-state index in [-0.39, 0.29) is 11.3 Å². The second-order valence-electron chi connectivity index (χ2n) is 5.06. The fraction of sp³-hybridized carbons (Fsp3) is 0.385. The smallest absolute Gasteiger partial charge is 0.475 e. The van der Waals surface area contributed by atoms with Crippen LogP contribution in [0.5, 0.6) is 0 Å². The SMILES string of the molecule is O=C(O)C(F)(F)F.O=C1NCC2(CNC2)c2cc(Br)ccc21. The average Bonchev–Trinajstić information content (AvgIpc) is 2.36. The van der Waals surface area contributed by atoms with E-state index in [1.807, 2.05) is 12.1 Å². The molecule has 0 saturated carbocycles. The van der Waals surface area contributed by atoms with Gasteiger partial charge in [0.25, 0.3) is 5.91 Å². The van der Waals surface area contributed by atoms with Crippen molar-refractivity contribution in [3.63, 3.8) is 0 Å². The number of carbonyl (C=O) groups excluding carboxylic acids is 1. The summed E-state index contributed by atoms with van der Waals surface area (Å²) in [6.45, 7) is 2.66. The largest absolute Gasteiger partial charge is 0.490 e. The topological polar surface area (TPSA) is 78.4 Å². The van der Waals surface area contributed by atoms with Gasteiger partial charge in [0, 0.05) is 35.1 Å². The average molecular weight is 381 g/mol. The first-order chi connectivity index (χ1) is 10.2. The van der Waals surface area contributed by atoms with Crippen LogP contribution in [-0.2, 0) is 10.2 Å². The molecular weight excluding hydrogens is 369 g/mol. The molecule has 9 heteroatoms. The van der Waals surface area contributed by atoms with Crippen molar-refractivity contribution in [3.8, 4) is 0 Å². The van der Waals surface area contributed by atoms with Gasteiger partial charge in [0.1, 0.15) is 0 Å². The highest BCUT2D eigenvalue weighted by Gasteiger charge is 2.44. The van der Waals surface area contributed by atoms with E-state index in [0.29, 0.717) is 0 Å². The molecule has 3 rings (SSSR count). The first-order valence-corrected chi connectivity index (χ1v) is 7.04. The number of alkyl halides is 3. The van der Waals surface area contributed by atoms with E-state index in [4.69, 9.17) is 9.90 Å². The second kappa shape index (κ2) is 5.88. The number of hydrogen-bond acceptors (Lipinski definition) is 3. The maximum Gasteiger partial charge on any atom is 0.490 e. The molecule has 2 heterocycles. The second-order valence-corrected chi connectivity index (χ2v) is 5.98. The summed E-state index contributed by atoms with van der Waals surface area (Å²) in [6, 6.07) is 5.90. The quantitative estimate of drug-likeness (QED) is 0.639. The monoisotopic (exact) mass is 380 g/mol. The zero-order valence-corrected chi connectivity index (χ0v) is 12.7. The third-order valence-electron chi connectivity index (χ3n) is 3.55. The number of hydrogen-bond donors (Lipinski definition) is 3. The van der Waals surface area contributed by atoms with Gasteiger partial charge in [-0.2, -0.15) is 13.2 Å². The van der Waals surface area contributed by atoms with Crippen LogP contribution in [0, 0.1) is 0 Å². The summed E-state index contributed by atoms with van der Waals surface area (Å²) in [4.78, 5) is 20.6. The van der Waals surface area contributed by atoms with Crippen molar-refractivity contribution < 1.29 is 27.9 Å². The molecule has 0 atom stereocenters. The van der Waals surface area contributed by atoms with Crippen molar-refractivity contribution in [3.05, 3.63) is 33.8 Å². The molecule has 2 aliphatic heterocycles. The molecule has 2 aliphatic rings. The maximum atomic E-state index is 11.7. The van der Waals surface area contributed by atoms with Crippen molar-refractivity contribution in [2.45, 2.75) is 11.6 Å². The molecule has 5 nitrogen and oxygen atoms in total. The summed E-state index contributed by atoms with van der Waals surface area (Å²) < 4.78 is 32.8. The molecule has 1 spiro atoms. The Morgan fingerprint density at radius 2 is 1.86 bits per heavy atom. The van der Waals surface area contributed by atoms with Gasteiger partial charge in [-0.3, -0.25) is 4.79 Å². The van der Waals surface area contributed by atoms with Crippen molar-refractivity contribution >= 4 is 27.8 Å². The highest BCUT2D eigenvalue weighted by atomic mass is 79.9. The first kappa shape index (κ1) is 16.8. The Hall–Kier alpha value is -1.61. The van der Waals surface area contributed by atoms with E-state index in [1.165, 1.54) is 5.56 Å². The number of carboxylic acid groups (broad SMARTS) is 1. The lowest BCUT2D eigenvalue weighted by molar-refractivity contribution is -0.192. The van der Waals surface area contributed by atoms with Gasteiger partial charge in [-0.05, 0) is 23.8 Å². The van der Waals surface area contributed by atoms with Crippen molar-refractivity contribution in [2.24, 2.45) is 0 Å². The fourth-order valence-electron chi connectivity index (χ4n) is 2.34. The summed E-state index contributed by atoms with van der Waals surface area (Å²) in [5.41, 5.74) is 2.14.